The number of amides is 1. The van der Waals surface area contributed by atoms with Crippen molar-refractivity contribution >= 4 is 11.6 Å². The molecule has 22 heavy (non-hydrogen) atoms. The summed E-state index contributed by atoms with van der Waals surface area (Å²) in [7, 11) is 3.06. The molecule has 1 aromatic carbocycles. The lowest BCUT2D eigenvalue weighted by Gasteiger charge is -2.09. The number of aromatic nitrogens is 2. The third kappa shape index (κ3) is 3.76. The Labute approximate surface area is 128 Å². The molecule has 2 aromatic rings. The second-order valence-corrected chi connectivity index (χ2v) is 4.41. The standard InChI is InChI=1S/C15H19N3O4/c1-4-22-10-18-9-11(8-16-18)17-15(19)13-6-5-12(20-2)7-14(13)21-3/h5-9H,4,10H2,1-3H3,(H,17,19). The molecule has 1 aromatic heterocycles. The second-order valence-electron chi connectivity index (χ2n) is 4.41. The van der Waals surface area contributed by atoms with Crippen molar-refractivity contribution in [2.24, 2.45) is 0 Å². The lowest BCUT2D eigenvalue weighted by molar-refractivity contribution is 0.0792. The van der Waals surface area contributed by atoms with Gasteiger partial charge in [0.25, 0.3) is 5.91 Å². The van der Waals surface area contributed by atoms with Gasteiger partial charge in [0.15, 0.2) is 0 Å². The number of nitrogens with zero attached hydrogens (tertiary/aromatic N) is 2. The molecule has 1 N–H and O–H groups in total. The van der Waals surface area contributed by atoms with E-state index in [9.17, 15) is 4.79 Å². The number of methoxy groups -OCH3 is 2. The molecule has 7 heteroatoms. The SMILES string of the molecule is CCOCn1cc(NC(=O)c2ccc(OC)cc2OC)cn1. The summed E-state index contributed by atoms with van der Waals surface area (Å²) >= 11 is 0. The van der Waals surface area contributed by atoms with Crippen molar-refractivity contribution in [2.75, 3.05) is 26.1 Å². The zero-order valence-electron chi connectivity index (χ0n) is 12.8. The van der Waals surface area contributed by atoms with Crippen LogP contribution in [0.1, 0.15) is 17.3 Å². The van der Waals surface area contributed by atoms with Crippen LogP contribution in [-0.4, -0.2) is 36.5 Å². The molecule has 2 rings (SSSR count). The van der Waals surface area contributed by atoms with E-state index in [1.165, 1.54) is 7.11 Å². The average molecular weight is 305 g/mol. The van der Waals surface area contributed by atoms with Gasteiger partial charge in [0.1, 0.15) is 18.2 Å². The van der Waals surface area contributed by atoms with Crippen LogP contribution in [0.25, 0.3) is 0 Å². The topological polar surface area (TPSA) is 74.6 Å². The highest BCUT2D eigenvalue weighted by molar-refractivity contribution is 6.06. The maximum Gasteiger partial charge on any atom is 0.259 e. The van der Waals surface area contributed by atoms with Gasteiger partial charge in [0, 0.05) is 12.7 Å². The predicted octanol–water partition coefficient (Wildman–Crippen LogP) is 2.15. The summed E-state index contributed by atoms with van der Waals surface area (Å²) in [6.45, 7) is 2.85. The van der Waals surface area contributed by atoms with Crippen LogP contribution in [0.5, 0.6) is 11.5 Å². The van der Waals surface area contributed by atoms with Crippen molar-refractivity contribution < 1.29 is 19.0 Å². The van der Waals surface area contributed by atoms with Crippen molar-refractivity contribution in [3.8, 4) is 11.5 Å². The number of rotatable bonds is 7. The van der Waals surface area contributed by atoms with E-state index in [-0.39, 0.29) is 5.91 Å². The minimum Gasteiger partial charge on any atom is -0.497 e. The second kappa shape index (κ2) is 7.46. The van der Waals surface area contributed by atoms with Crippen LogP contribution in [0.15, 0.2) is 30.6 Å². The minimum atomic E-state index is -0.282. The van der Waals surface area contributed by atoms with Gasteiger partial charge in [-0.3, -0.25) is 4.79 Å². The first-order chi connectivity index (χ1) is 10.7. The van der Waals surface area contributed by atoms with E-state index in [1.807, 2.05) is 6.92 Å². The van der Waals surface area contributed by atoms with Crippen LogP contribution in [0, 0.1) is 0 Å². The lowest BCUT2D eigenvalue weighted by atomic mass is 10.1. The fourth-order valence-electron chi connectivity index (χ4n) is 1.87. The smallest absolute Gasteiger partial charge is 0.259 e. The van der Waals surface area contributed by atoms with Crippen LogP contribution in [0.3, 0.4) is 0 Å². The number of hydrogen-bond donors (Lipinski definition) is 1. The third-order valence-corrected chi connectivity index (χ3v) is 2.97. The number of anilines is 1. The van der Waals surface area contributed by atoms with Crippen LogP contribution < -0.4 is 14.8 Å². The molecule has 0 radical (unpaired) electrons. The van der Waals surface area contributed by atoms with Gasteiger partial charge >= 0.3 is 0 Å². The molecule has 1 amide bonds. The Morgan fingerprint density at radius 1 is 1.32 bits per heavy atom. The number of ether oxygens (including phenoxy) is 3. The van der Waals surface area contributed by atoms with Crippen molar-refractivity contribution in [2.45, 2.75) is 13.7 Å². The van der Waals surface area contributed by atoms with E-state index in [0.29, 0.717) is 36.1 Å². The molecule has 0 bridgehead atoms. The van der Waals surface area contributed by atoms with Gasteiger partial charge in [-0.2, -0.15) is 5.10 Å². The highest BCUT2D eigenvalue weighted by atomic mass is 16.5. The number of carbonyl (C=O) groups excluding carboxylic acids is 1. The fraction of sp³-hybridized carbons (Fsp3) is 0.333. The molecule has 0 aliphatic carbocycles. The van der Waals surface area contributed by atoms with Gasteiger partial charge in [-0.25, -0.2) is 4.68 Å². The normalized spacial score (nSPS) is 10.3. The molecule has 0 unspecified atom stereocenters. The summed E-state index contributed by atoms with van der Waals surface area (Å²) in [4.78, 5) is 12.3. The molecular weight excluding hydrogens is 286 g/mol. The van der Waals surface area contributed by atoms with Gasteiger partial charge in [-0.05, 0) is 19.1 Å². The van der Waals surface area contributed by atoms with E-state index < -0.39 is 0 Å². The highest BCUT2D eigenvalue weighted by Gasteiger charge is 2.14. The van der Waals surface area contributed by atoms with Crippen LogP contribution in [0.2, 0.25) is 0 Å². The van der Waals surface area contributed by atoms with Gasteiger partial charge in [0.05, 0.1) is 37.9 Å². The van der Waals surface area contributed by atoms with Crippen molar-refractivity contribution in [1.29, 1.82) is 0 Å². The van der Waals surface area contributed by atoms with Crippen molar-refractivity contribution in [3.63, 3.8) is 0 Å². The maximum atomic E-state index is 12.3. The number of nitrogens with one attached hydrogen (secondary N) is 1. The first-order valence-corrected chi connectivity index (χ1v) is 6.81. The predicted molar refractivity (Wildman–Crippen MR) is 81.4 cm³/mol. The monoisotopic (exact) mass is 305 g/mol. The molecule has 7 nitrogen and oxygen atoms in total. The third-order valence-electron chi connectivity index (χ3n) is 2.97. The van der Waals surface area contributed by atoms with Gasteiger partial charge in [-0.15, -0.1) is 0 Å². The summed E-state index contributed by atoms with van der Waals surface area (Å²) in [5.74, 6) is 0.784. The van der Waals surface area contributed by atoms with E-state index in [0.717, 1.165) is 0 Å². The van der Waals surface area contributed by atoms with Crippen LogP contribution in [0.4, 0.5) is 5.69 Å². The Balaban J connectivity index is 2.10. The summed E-state index contributed by atoms with van der Waals surface area (Å²) in [5, 5.41) is 6.86. The Kier molecular flexibility index (Phi) is 5.37. The zero-order chi connectivity index (χ0) is 15.9. The van der Waals surface area contributed by atoms with E-state index >= 15 is 0 Å². The van der Waals surface area contributed by atoms with Gasteiger partial charge in [0.2, 0.25) is 0 Å². The summed E-state index contributed by atoms with van der Waals surface area (Å²) in [6.07, 6.45) is 3.26. The Morgan fingerprint density at radius 2 is 2.14 bits per heavy atom. The molecule has 0 saturated heterocycles. The quantitative estimate of drug-likeness (QED) is 0.848. The molecule has 1 heterocycles. The zero-order valence-corrected chi connectivity index (χ0v) is 12.8. The summed E-state index contributed by atoms with van der Waals surface area (Å²) in [5.41, 5.74) is 1.00. The Hall–Kier alpha value is -2.54. The number of hydrogen-bond acceptors (Lipinski definition) is 5. The Bertz CT molecular complexity index is 639. The van der Waals surface area contributed by atoms with Crippen molar-refractivity contribution in [3.05, 3.63) is 36.2 Å². The first kappa shape index (κ1) is 15.8. The molecule has 0 aliphatic rings. The fourth-order valence-corrected chi connectivity index (χ4v) is 1.87. The highest BCUT2D eigenvalue weighted by Crippen LogP contribution is 2.25. The minimum absolute atomic E-state index is 0.282. The lowest BCUT2D eigenvalue weighted by Crippen LogP contribution is -2.13. The summed E-state index contributed by atoms with van der Waals surface area (Å²) < 4.78 is 17.2. The van der Waals surface area contributed by atoms with Crippen LogP contribution >= 0.6 is 0 Å². The largest absolute Gasteiger partial charge is 0.497 e. The van der Waals surface area contributed by atoms with Gasteiger partial charge in [-0.1, -0.05) is 0 Å². The molecule has 0 fully saturated rings. The molecule has 0 atom stereocenters. The number of carbonyl (C=O) groups is 1. The van der Waals surface area contributed by atoms with E-state index in [1.54, 1.807) is 42.4 Å². The molecule has 0 saturated carbocycles. The maximum absolute atomic E-state index is 12.3. The molecular formula is C15H19N3O4. The van der Waals surface area contributed by atoms with E-state index in [4.69, 9.17) is 14.2 Å². The van der Waals surface area contributed by atoms with Crippen molar-refractivity contribution in [1.82, 2.24) is 9.78 Å². The average Bonchev–Trinajstić information content (AvgIpc) is 2.99. The number of benzene rings is 1. The summed E-state index contributed by atoms with van der Waals surface area (Å²) in [6, 6.07) is 5.01. The van der Waals surface area contributed by atoms with Crippen LogP contribution in [-0.2, 0) is 11.5 Å². The van der Waals surface area contributed by atoms with Gasteiger partial charge < -0.3 is 19.5 Å². The first-order valence-electron chi connectivity index (χ1n) is 6.81. The molecule has 118 valence electrons. The molecule has 0 aliphatic heterocycles. The Morgan fingerprint density at radius 3 is 2.82 bits per heavy atom. The molecule has 0 spiro atoms. The van der Waals surface area contributed by atoms with E-state index in [2.05, 4.69) is 10.4 Å².